The van der Waals surface area contributed by atoms with Gasteiger partial charge in [0.25, 0.3) is 0 Å². The molecule has 0 aliphatic heterocycles. The monoisotopic (exact) mass is 341 g/mol. The molecule has 0 aliphatic rings. The molecule has 3 nitrogen and oxygen atoms in total. The summed E-state index contributed by atoms with van der Waals surface area (Å²) < 4.78 is 11.8. The molecule has 0 aliphatic carbocycles. The molecule has 0 atom stereocenters. The van der Waals surface area contributed by atoms with Gasteiger partial charge in [-0.05, 0) is 40.2 Å². The Bertz CT molecular complexity index is 590. The number of hydrogen-bond acceptors (Lipinski definition) is 3. The second-order valence-corrected chi connectivity index (χ2v) is 5.09. The van der Waals surface area contributed by atoms with Gasteiger partial charge in [-0.1, -0.05) is 23.7 Å². The average Bonchev–Trinajstić information content (AvgIpc) is 2.42. The Morgan fingerprint density at radius 3 is 2.68 bits per heavy atom. The summed E-state index contributed by atoms with van der Waals surface area (Å²) in [5.41, 5.74) is 6.54. The zero-order chi connectivity index (χ0) is 13.8. The van der Waals surface area contributed by atoms with Gasteiger partial charge in [0.05, 0.1) is 16.6 Å². The highest BCUT2D eigenvalue weighted by atomic mass is 79.9. The van der Waals surface area contributed by atoms with Crippen LogP contribution >= 0.6 is 27.5 Å². The van der Waals surface area contributed by atoms with Crippen molar-refractivity contribution < 1.29 is 9.47 Å². The largest absolute Gasteiger partial charge is 0.497 e. The third kappa shape index (κ3) is 3.21. The van der Waals surface area contributed by atoms with Crippen LogP contribution in [0.4, 0.5) is 0 Å². The van der Waals surface area contributed by atoms with E-state index in [0.29, 0.717) is 23.1 Å². The number of para-hydroxylation sites is 1. The number of nitrogens with two attached hydrogens (primary N) is 1. The number of rotatable bonds is 4. The van der Waals surface area contributed by atoms with Gasteiger partial charge in [-0.3, -0.25) is 0 Å². The summed E-state index contributed by atoms with van der Waals surface area (Å²) in [6, 6.07) is 11.0. The number of methoxy groups -OCH3 is 1. The molecular weight excluding hydrogens is 330 g/mol. The number of hydrogen-bond donors (Lipinski definition) is 1. The fraction of sp³-hybridized carbons (Fsp3) is 0.143. The van der Waals surface area contributed by atoms with Gasteiger partial charge in [-0.25, -0.2) is 0 Å². The molecule has 0 unspecified atom stereocenters. The summed E-state index contributed by atoms with van der Waals surface area (Å²) in [4.78, 5) is 0. The maximum Gasteiger partial charge on any atom is 0.150 e. The molecule has 0 saturated carbocycles. The molecule has 0 amide bonds. The summed E-state index contributed by atoms with van der Waals surface area (Å²) in [7, 11) is 1.61. The summed E-state index contributed by atoms with van der Waals surface area (Å²) >= 11 is 9.59. The molecule has 0 radical (unpaired) electrons. The average molecular weight is 343 g/mol. The van der Waals surface area contributed by atoms with Gasteiger partial charge in [-0.2, -0.15) is 0 Å². The molecule has 0 aromatic heterocycles. The molecule has 0 fully saturated rings. The van der Waals surface area contributed by atoms with Crippen LogP contribution in [-0.2, 0) is 6.54 Å². The van der Waals surface area contributed by atoms with Crippen molar-refractivity contribution in [3.8, 4) is 17.2 Å². The van der Waals surface area contributed by atoms with E-state index < -0.39 is 0 Å². The van der Waals surface area contributed by atoms with Crippen LogP contribution in [0.25, 0.3) is 0 Å². The van der Waals surface area contributed by atoms with Crippen molar-refractivity contribution in [2.75, 3.05) is 7.11 Å². The van der Waals surface area contributed by atoms with Crippen molar-refractivity contribution in [3.63, 3.8) is 0 Å². The maximum absolute atomic E-state index is 6.15. The van der Waals surface area contributed by atoms with Crippen LogP contribution in [0.2, 0.25) is 5.02 Å². The van der Waals surface area contributed by atoms with Gasteiger partial charge in [0.2, 0.25) is 0 Å². The Balaban J connectivity index is 2.36. The fourth-order valence-corrected chi connectivity index (χ4v) is 2.30. The van der Waals surface area contributed by atoms with E-state index in [1.54, 1.807) is 13.2 Å². The van der Waals surface area contributed by atoms with Crippen LogP contribution in [0.5, 0.6) is 17.2 Å². The lowest BCUT2D eigenvalue weighted by Crippen LogP contribution is -2.00. The van der Waals surface area contributed by atoms with Gasteiger partial charge >= 0.3 is 0 Å². The first-order valence-electron chi connectivity index (χ1n) is 5.64. The quantitative estimate of drug-likeness (QED) is 0.897. The molecule has 2 aromatic rings. The SMILES string of the molecule is COc1ccc(Oc2c(Cl)cccc2CN)c(Br)c1. The third-order valence-corrected chi connectivity index (χ3v) is 3.54. The molecule has 2 aromatic carbocycles. The van der Waals surface area contributed by atoms with E-state index in [9.17, 15) is 0 Å². The highest BCUT2D eigenvalue weighted by Gasteiger charge is 2.11. The van der Waals surface area contributed by atoms with Gasteiger partial charge in [0.1, 0.15) is 11.5 Å². The van der Waals surface area contributed by atoms with Crippen molar-refractivity contribution in [2.45, 2.75) is 6.54 Å². The van der Waals surface area contributed by atoms with Crippen molar-refractivity contribution >= 4 is 27.5 Å². The number of halogens is 2. The lowest BCUT2D eigenvalue weighted by atomic mass is 10.2. The van der Waals surface area contributed by atoms with Crippen LogP contribution in [0, 0.1) is 0 Å². The molecule has 0 bridgehead atoms. The van der Waals surface area contributed by atoms with E-state index in [0.717, 1.165) is 15.8 Å². The Morgan fingerprint density at radius 2 is 2.05 bits per heavy atom. The van der Waals surface area contributed by atoms with Gasteiger partial charge in [-0.15, -0.1) is 0 Å². The molecule has 5 heteroatoms. The normalized spacial score (nSPS) is 10.3. The highest BCUT2D eigenvalue weighted by Crippen LogP contribution is 2.37. The molecule has 100 valence electrons. The van der Waals surface area contributed by atoms with E-state index in [2.05, 4.69) is 15.9 Å². The van der Waals surface area contributed by atoms with Crippen molar-refractivity contribution in [2.24, 2.45) is 5.73 Å². The van der Waals surface area contributed by atoms with E-state index in [4.69, 9.17) is 26.8 Å². The van der Waals surface area contributed by atoms with Crippen molar-refractivity contribution in [3.05, 3.63) is 51.5 Å². The van der Waals surface area contributed by atoms with E-state index in [-0.39, 0.29) is 0 Å². The van der Waals surface area contributed by atoms with Crippen LogP contribution < -0.4 is 15.2 Å². The van der Waals surface area contributed by atoms with Crippen LogP contribution in [0.3, 0.4) is 0 Å². The standard InChI is InChI=1S/C14H13BrClNO2/c1-18-10-5-6-13(11(15)7-10)19-14-9(8-17)3-2-4-12(14)16/h2-7H,8,17H2,1H3. The number of ether oxygens (including phenoxy) is 2. The third-order valence-electron chi connectivity index (χ3n) is 2.62. The Labute approximate surface area is 125 Å². The Kier molecular flexibility index (Phi) is 4.69. The molecule has 0 heterocycles. The molecule has 2 rings (SSSR count). The zero-order valence-electron chi connectivity index (χ0n) is 10.3. The first-order valence-corrected chi connectivity index (χ1v) is 6.81. The molecule has 0 saturated heterocycles. The lowest BCUT2D eigenvalue weighted by Gasteiger charge is -2.13. The summed E-state index contributed by atoms with van der Waals surface area (Å²) in [5, 5.41) is 0.533. The van der Waals surface area contributed by atoms with Crippen molar-refractivity contribution in [1.29, 1.82) is 0 Å². The predicted molar refractivity (Wildman–Crippen MR) is 80.1 cm³/mol. The topological polar surface area (TPSA) is 44.5 Å². The minimum Gasteiger partial charge on any atom is -0.497 e. The first-order chi connectivity index (χ1) is 9.15. The fourth-order valence-electron chi connectivity index (χ4n) is 1.63. The van der Waals surface area contributed by atoms with E-state index in [1.807, 2.05) is 30.3 Å². The first kappa shape index (κ1) is 14.2. The Morgan fingerprint density at radius 1 is 1.26 bits per heavy atom. The van der Waals surface area contributed by atoms with Crippen LogP contribution in [0.1, 0.15) is 5.56 Å². The smallest absolute Gasteiger partial charge is 0.150 e. The maximum atomic E-state index is 6.15. The molecule has 0 spiro atoms. The highest BCUT2D eigenvalue weighted by molar-refractivity contribution is 9.10. The minimum atomic E-state index is 0.365. The molecular formula is C14H13BrClNO2. The zero-order valence-corrected chi connectivity index (χ0v) is 12.7. The second-order valence-electron chi connectivity index (χ2n) is 3.83. The summed E-state index contributed by atoms with van der Waals surface area (Å²) in [6.45, 7) is 0.365. The molecule has 19 heavy (non-hydrogen) atoms. The molecule has 2 N–H and O–H groups in total. The van der Waals surface area contributed by atoms with Gasteiger partial charge in [0.15, 0.2) is 5.75 Å². The summed E-state index contributed by atoms with van der Waals surface area (Å²) in [6.07, 6.45) is 0. The summed E-state index contributed by atoms with van der Waals surface area (Å²) in [5.74, 6) is 1.98. The van der Waals surface area contributed by atoms with Crippen LogP contribution in [0.15, 0.2) is 40.9 Å². The van der Waals surface area contributed by atoms with Gasteiger partial charge in [0, 0.05) is 12.1 Å². The van der Waals surface area contributed by atoms with E-state index in [1.165, 1.54) is 0 Å². The van der Waals surface area contributed by atoms with Crippen molar-refractivity contribution in [1.82, 2.24) is 0 Å². The lowest BCUT2D eigenvalue weighted by molar-refractivity contribution is 0.412. The van der Waals surface area contributed by atoms with Crippen LogP contribution in [-0.4, -0.2) is 7.11 Å². The Hall–Kier alpha value is -1.23. The van der Waals surface area contributed by atoms with E-state index >= 15 is 0 Å². The predicted octanol–water partition coefficient (Wildman–Crippen LogP) is 4.36. The second kappa shape index (κ2) is 6.28. The van der Waals surface area contributed by atoms with Gasteiger partial charge < -0.3 is 15.2 Å². The number of benzene rings is 2. The minimum absolute atomic E-state index is 0.365.